The Morgan fingerprint density at radius 1 is 1.08 bits per heavy atom. The molecule has 3 heterocycles. The van der Waals surface area contributed by atoms with Gasteiger partial charge in [-0.05, 0) is 54.3 Å². The lowest BCUT2D eigenvalue weighted by Gasteiger charge is -2.32. The highest BCUT2D eigenvalue weighted by Crippen LogP contribution is 2.32. The van der Waals surface area contributed by atoms with Crippen LogP contribution in [0.2, 0.25) is 0 Å². The number of aromatic nitrogens is 1. The fraction of sp³-hybridized carbons (Fsp3) is 0.286. The van der Waals surface area contributed by atoms with Gasteiger partial charge < -0.3 is 14.6 Å². The van der Waals surface area contributed by atoms with Gasteiger partial charge in [0.25, 0.3) is 5.91 Å². The van der Waals surface area contributed by atoms with Crippen molar-refractivity contribution in [3.63, 3.8) is 0 Å². The second-order valence-electron chi connectivity index (χ2n) is 9.71. The highest BCUT2D eigenvalue weighted by atomic mass is 16.3. The van der Waals surface area contributed by atoms with E-state index in [4.69, 9.17) is 4.42 Å². The Balaban J connectivity index is 1.18. The predicted octanol–water partition coefficient (Wildman–Crippen LogP) is 4.15. The normalized spacial score (nSPS) is 22.4. The molecule has 4 amide bonds. The van der Waals surface area contributed by atoms with Crippen molar-refractivity contribution in [2.45, 2.75) is 31.2 Å². The first kappa shape index (κ1) is 22.3. The molecular weight excluding hydrogens is 456 g/mol. The molecule has 0 spiro atoms. The van der Waals surface area contributed by atoms with Crippen LogP contribution >= 0.6 is 0 Å². The molecule has 182 valence electrons. The molecule has 8 nitrogen and oxygen atoms in total. The maximum absolute atomic E-state index is 13.4. The molecule has 3 aromatic carbocycles. The molecule has 6 rings (SSSR count). The standard InChI is InChI=1S/C28H26N4O4/c1-28(21-13-12-18-7-2-3-8-19(18)15-21)26(34)32(27(35)30-28)17-24(33)31-14-6-9-20(16-31)25-29-22-10-4-5-11-23(22)36-25/h2-5,7-8,10-13,15,20H,6,9,14,16-17H2,1H3,(H,30,35). The van der Waals surface area contributed by atoms with Crippen molar-refractivity contribution in [2.24, 2.45) is 0 Å². The summed E-state index contributed by atoms with van der Waals surface area (Å²) in [5, 5.41) is 4.84. The van der Waals surface area contributed by atoms with Crippen molar-refractivity contribution in [3.05, 3.63) is 78.2 Å². The summed E-state index contributed by atoms with van der Waals surface area (Å²) < 4.78 is 5.93. The van der Waals surface area contributed by atoms with E-state index in [1.165, 1.54) is 0 Å². The third kappa shape index (κ3) is 3.69. The van der Waals surface area contributed by atoms with E-state index in [9.17, 15) is 14.4 Å². The zero-order valence-corrected chi connectivity index (χ0v) is 19.9. The average molecular weight is 483 g/mol. The Morgan fingerprint density at radius 3 is 2.69 bits per heavy atom. The molecule has 2 atom stereocenters. The Hall–Kier alpha value is -4.20. The van der Waals surface area contributed by atoms with E-state index in [-0.39, 0.29) is 18.4 Å². The first-order valence-corrected chi connectivity index (χ1v) is 12.2. The van der Waals surface area contributed by atoms with Crippen LogP contribution < -0.4 is 5.32 Å². The zero-order valence-electron chi connectivity index (χ0n) is 19.9. The minimum atomic E-state index is -1.23. The van der Waals surface area contributed by atoms with E-state index in [1.807, 2.05) is 66.7 Å². The highest BCUT2D eigenvalue weighted by molar-refractivity contribution is 6.09. The summed E-state index contributed by atoms with van der Waals surface area (Å²) in [5.41, 5.74) is 0.972. The summed E-state index contributed by atoms with van der Waals surface area (Å²) in [5.74, 6) is -0.0978. The molecule has 36 heavy (non-hydrogen) atoms. The van der Waals surface area contributed by atoms with Crippen molar-refractivity contribution < 1.29 is 18.8 Å². The first-order chi connectivity index (χ1) is 17.4. The van der Waals surface area contributed by atoms with Gasteiger partial charge in [0.05, 0.1) is 5.92 Å². The average Bonchev–Trinajstić information content (AvgIpc) is 3.43. The fourth-order valence-electron chi connectivity index (χ4n) is 5.24. The fourth-order valence-corrected chi connectivity index (χ4v) is 5.24. The van der Waals surface area contributed by atoms with Gasteiger partial charge >= 0.3 is 6.03 Å². The summed E-state index contributed by atoms with van der Waals surface area (Å²) in [7, 11) is 0. The van der Waals surface area contributed by atoms with Crippen molar-refractivity contribution in [3.8, 4) is 0 Å². The molecule has 2 aliphatic heterocycles. The van der Waals surface area contributed by atoms with Gasteiger partial charge in [-0.3, -0.25) is 14.5 Å². The van der Waals surface area contributed by atoms with Crippen LogP contribution in [0, 0.1) is 0 Å². The van der Waals surface area contributed by atoms with Gasteiger partial charge in [0, 0.05) is 13.1 Å². The van der Waals surface area contributed by atoms with Crippen molar-refractivity contribution in [1.82, 2.24) is 20.1 Å². The number of nitrogens with one attached hydrogen (secondary N) is 1. The summed E-state index contributed by atoms with van der Waals surface area (Å²) >= 11 is 0. The van der Waals surface area contributed by atoms with Crippen LogP contribution in [0.25, 0.3) is 21.9 Å². The number of amides is 4. The molecule has 1 aromatic heterocycles. The molecular formula is C28H26N4O4. The molecule has 1 N–H and O–H groups in total. The van der Waals surface area contributed by atoms with Crippen LogP contribution in [0.15, 0.2) is 71.1 Å². The molecule has 8 heteroatoms. The van der Waals surface area contributed by atoms with Crippen LogP contribution in [0.3, 0.4) is 0 Å². The smallest absolute Gasteiger partial charge is 0.325 e. The van der Waals surface area contributed by atoms with Gasteiger partial charge in [0.15, 0.2) is 11.5 Å². The van der Waals surface area contributed by atoms with E-state index < -0.39 is 17.5 Å². The zero-order chi connectivity index (χ0) is 24.9. The maximum atomic E-state index is 13.4. The Kier molecular flexibility index (Phi) is 5.25. The minimum Gasteiger partial charge on any atom is -0.440 e. The maximum Gasteiger partial charge on any atom is 0.325 e. The number of carbonyl (C=O) groups excluding carboxylic acids is 3. The van der Waals surface area contributed by atoms with Crippen LogP contribution in [-0.2, 0) is 15.1 Å². The van der Waals surface area contributed by atoms with E-state index in [0.29, 0.717) is 24.5 Å². The quantitative estimate of drug-likeness (QED) is 0.441. The number of likely N-dealkylation sites (tertiary alicyclic amines) is 1. The van der Waals surface area contributed by atoms with Gasteiger partial charge in [-0.25, -0.2) is 9.78 Å². The number of para-hydroxylation sites is 2. The second kappa shape index (κ2) is 8.48. The van der Waals surface area contributed by atoms with Crippen LogP contribution in [-0.4, -0.2) is 52.3 Å². The van der Waals surface area contributed by atoms with Crippen molar-refractivity contribution in [2.75, 3.05) is 19.6 Å². The molecule has 4 aromatic rings. The number of urea groups is 1. The van der Waals surface area contributed by atoms with Gasteiger partial charge in [-0.15, -0.1) is 0 Å². The van der Waals surface area contributed by atoms with Crippen LogP contribution in [0.1, 0.15) is 37.1 Å². The summed E-state index contributed by atoms with van der Waals surface area (Å²) in [6.45, 7) is 2.40. The van der Waals surface area contributed by atoms with Crippen molar-refractivity contribution >= 4 is 39.7 Å². The predicted molar refractivity (Wildman–Crippen MR) is 134 cm³/mol. The van der Waals surface area contributed by atoms with Crippen molar-refractivity contribution in [1.29, 1.82) is 0 Å². The lowest BCUT2D eigenvalue weighted by molar-refractivity contribution is -0.139. The number of hydrogen-bond donors (Lipinski definition) is 1. The van der Waals surface area contributed by atoms with Crippen LogP contribution in [0.4, 0.5) is 4.79 Å². The van der Waals surface area contributed by atoms with Gasteiger partial charge in [0.2, 0.25) is 5.91 Å². The van der Waals surface area contributed by atoms with E-state index in [1.54, 1.807) is 11.8 Å². The van der Waals surface area contributed by atoms with Gasteiger partial charge in [-0.2, -0.15) is 0 Å². The first-order valence-electron chi connectivity index (χ1n) is 12.2. The van der Waals surface area contributed by atoms with E-state index in [2.05, 4.69) is 10.3 Å². The molecule has 0 radical (unpaired) electrons. The minimum absolute atomic E-state index is 0.0268. The monoisotopic (exact) mass is 482 g/mol. The second-order valence-corrected chi connectivity index (χ2v) is 9.71. The topological polar surface area (TPSA) is 95.8 Å². The number of nitrogens with zero attached hydrogens (tertiary/aromatic N) is 3. The highest BCUT2D eigenvalue weighted by Gasteiger charge is 2.50. The Labute approximate surface area is 207 Å². The number of benzene rings is 3. The van der Waals surface area contributed by atoms with Gasteiger partial charge in [0.1, 0.15) is 17.6 Å². The molecule has 0 saturated carbocycles. The van der Waals surface area contributed by atoms with Crippen LogP contribution in [0.5, 0.6) is 0 Å². The Bertz CT molecular complexity index is 1480. The molecule has 2 fully saturated rings. The molecule has 0 bridgehead atoms. The third-order valence-electron chi connectivity index (χ3n) is 7.33. The lowest BCUT2D eigenvalue weighted by Crippen LogP contribution is -2.47. The molecule has 2 aliphatic rings. The largest absolute Gasteiger partial charge is 0.440 e. The summed E-state index contributed by atoms with van der Waals surface area (Å²) in [6.07, 6.45) is 1.66. The lowest BCUT2D eigenvalue weighted by atomic mass is 9.90. The summed E-state index contributed by atoms with van der Waals surface area (Å²) in [6, 6.07) is 20.6. The Morgan fingerprint density at radius 2 is 1.86 bits per heavy atom. The molecule has 0 aliphatic carbocycles. The van der Waals surface area contributed by atoms with Gasteiger partial charge in [-0.1, -0.05) is 48.5 Å². The number of piperidine rings is 1. The molecule has 2 saturated heterocycles. The number of fused-ring (bicyclic) bond motifs is 2. The SMILES string of the molecule is CC1(c2ccc3ccccc3c2)NC(=O)N(CC(=O)N2CCCC(c3nc4ccccc4o3)C2)C1=O. The van der Waals surface area contributed by atoms with E-state index in [0.717, 1.165) is 39.6 Å². The summed E-state index contributed by atoms with van der Waals surface area (Å²) in [4.78, 5) is 46.8. The number of hydrogen-bond acceptors (Lipinski definition) is 5. The van der Waals surface area contributed by atoms with E-state index >= 15 is 0 Å². The number of oxazole rings is 1. The third-order valence-corrected chi connectivity index (χ3v) is 7.33. The molecule has 2 unspecified atom stereocenters. The number of imide groups is 1. The number of carbonyl (C=O) groups is 3. The number of rotatable bonds is 4.